The Morgan fingerprint density at radius 1 is 1.19 bits per heavy atom. The second kappa shape index (κ2) is 9.58. The summed E-state index contributed by atoms with van der Waals surface area (Å²) in [5.74, 6) is -1.48. The van der Waals surface area contributed by atoms with E-state index >= 15 is 0 Å². The standard InChI is InChI=1S/C21H16ClF3N2O4S/c1-2-31-20(30)14-9-16(12-6-4-3-5-7-12)32-18(14)26-17(28)11-27-10-13(21(23,24)25)8-15(22)19(27)29/h3-10H,2,11H2,1H3,(H,26,28). The first-order chi connectivity index (χ1) is 15.1. The number of carbonyl (C=O) groups is 2. The van der Waals surface area contributed by atoms with Gasteiger partial charge >= 0.3 is 12.1 Å². The van der Waals surface area contributed by atoms with Gasteiger partial charge in [-0.05, 0) is 24.6 Å². The minimum absolute atomic E-state index is 0.0958. The van der Waals surface area contributed by atoms with Crippen molar-refractivity contribution in [1.29, 1.82) is 0 Å². The number of aromatic nitrogens is 1. The minimum Gasteiger partial charge on any atom is -0.462 e. The highest BCUT2D eigenvalue weighted by Gasteiger charge is 2.32. The first-order valence-corrected chi connectivity index (χ1v) is 10.4. The number of esters is 1. The number of anilines is 1. The fourth-order valence-electron chi connectivity index (χ4n) is 2.78. The molecule has 0 saturated carbocycles. The fraction of sp³-hybridized carbons (Fsp3) is 0.190. The highest BCUT2D eigenvalue weighted by atomic mass is 35.5. The van der Waals surface area contributed by atoms with Gasteiger partial charge in [-0.1, -0.05) is 41.9 Å². The number of alkyl halides is 3. The molecule has 0 aliphatic heterocycles. The van der Waals surface area contributed by atoms with Crippen LogP contribution < -0.4 is 10.9 Å². The number of pyridine rings is 1. The van der Waals surface area contributed by atoms with Crippen molar-refractivity contribution in [2.45, 2.75) is 19.6 Å². The van der Waals surface area contributed by atoms with Crippen LogP contribution >= 0.6 is 22.9 Å². The minimum atomic E-state index is -4.75. The summed E-state index contributed by atoms with van der Waals surface area (Å²) in [4.78, 5) is 37.7. The molecule has 0 aliphatic carbocycles. The second-order valence-electron chi connectivity index (χ2n) is 6.50. The van der Waals surface area contributed by atoms with Gasteiger partial charge in [-0.2, -0.15) is 13.2 Å². The van der Waals surface area contributed by atoms with E-state index in [0.717, 1.165) is 16.9 Å². The molecule has 0 bridgehead atoms. The van der Waals surface area contributed by atoms with E-state index in [9.17, 15) is 27.6 Å². The Labute approximate surface area is 189 Å². The van der Waals surface area contributed by atoms with Crippen LogP contribution in [0.3, 0.4) is 0 Å². The van der Waals surface area contributed by atoms with Crippen molar-refractivity contribution < 1.29 is 27.5 Å². The van der Waals surface area contributed by atoms with Crippen LogP contribution in [-0.4, -0.2) is 23.1 Å². The molecule has 2 heterocycles. The molecular formula is C21H16ClF3N2O4S. The van der Waals surface area contributed by atoms with Gasteiger partial charge in [-0.3, -0.25) is 9.59 Å². The maximum atomic E-state index is 13.0. The molecule has 0 fully saturated rings. The lowest BCUT2D eigenvalue weighted by molar-refractivity contribution is -0.138. The van der Waals surface area contributed by atoms with Crippen LogP contribution in [-0.2, 0) is 22.3 Å². The molecule has 1 aromatic carbocycles. The number of halogens is 4. The smallest absolute Gasteiger partial charge is 0.417 e. The number of amides is 1. The number of ether oxygens (including phenoxy) is 1. The van der Waals surface area contributed by atoms with Crippen LogP contribution in [0, 0.1) is 0 Å². The molecule has 168 valence electrons. The van der Waals surface area contributed by atoms with E-state index in [-0.39, 0.29) is 17.2 Å². The van der Waals surface area contributed by atoms with E-state index < -0.39 is 40.7 Å². The van der Waals surface area contributed by atoms with Gasteiger partial charge in [-0.25, -0.2) is 4.79 Å². The molecule has 3 rings (SSSR count). The summed E-state index contributed by atoms with van der Waals surface area (Å²) >= 11 is 6.71. The van der Waals surface area contributed by atoms with Gasteiger partial charge in [0.15, 0.2) is 0 Å². The Bertz CT molecular complexity index is 1210. The lowest BCUT2D eigenvalue weighted by Gasteiger charge is -2.12. The first kappa shape index (κ1) is 23.6. The predicted molar refractivity (Wildman–Crippen MR) is 115 cm³/mol. The SMILES string of the molecule is CCOC(=O)c1cc(-c2ccccc2)sc1NC(=O)Cn1cc(C(F)(F)F)cc(Cl)c1=O. The van der Waals surface area contributed by atoms with Crippen LogP contribution in [0.1, 0.15) is 22.8 Å². The van der Waals surface area contributed by atoms with Crippen molar-refractivity contribution in [3.63, 3.8) is 0 Å². The average molecular weight is 485 g/mol. The quantitative estimate of drug-likeness (QED) is 0.496. The van der Waals surface area contributed by atoms with Crippen molar-refractivity contribution >= 4 is 39.8 Å². The van der Waals surface area contributed by atoms with E-state index in [4.69, 9.17) is 16.3 Å². The molecular weight excluding hydrogens is 469 g/mol. The molecule has 0 spiro atoms. The van der Waals surface area contributed by atoms with Gasteiger partial charge in [0.2, 0.25) is 5.91 Å². The number of benzene rings is 1. The van der Waals surface area contributed by atoms with Crippen LogP contribution in [0.25, 0.3) is 10.4 Å². The summed E-state index contributed by atoms with van der Waals surface area (Å²) < 4.78 is 44.6. The van der Waals surface area contributed by atoms with E-state index in [0.29, 0.717) is 21.7 Å². The van der Waals surface area contributed by atoms with E-state index in [2.05, 4.69) is 5.32 Å². The summed E-state index contributed by atoms with van der Waals surface area (Å²) in [6, 6.07) is 11.1. The third-order valence-electron chi connectivity index (χ3n) is 4.22. The van der Waals surface area contributed by atoms with Crippen LogP contribution in [0.2, 0.25) is 5.02 Å². The van der Waals surface area contributed by atoms with Crippen molar-refractivity contribution in [2.24, 2.45) is 0 Å². The highest BCUT2D eigenvalue weighted by molar-refractivity contribution is 7.20. The lowest BCUT2D eigenvalue weighted by atomic mass is 10.1. The highest BCUT2D eigenvalue weighted by Crippen LogP contribution is 2.36. The summed E-state index contributed by atoms with van der Waals surface area (Å²) in [6.07, 6.45) is -4.23. The van der Waals surface area contributed by atoms with E-state index in [1.165, 1.54) is 0 Å². The molecule has 6 nitrogen and oxygen atoms in total. The number of nitrogens with one attached hydrogen (secondary N) is 1. The van der Waals surface area contributed by atoms with Crippen LogP contribution in [0.15, 0.2) is 53.5 Å². The van der Waals surface area contributed by atoms with Gasteiger partial charge < -0.3 is 14.6 Å². The molecule has 0 aliphatic rings. The number of rotatable bonds is 6. The molecule has 2 aromatic heterocycles. The average Bonchev–Trinajstić information content (AvgIpc) is 3.15. The third-order valence-corrected chi connectivity index (χ3v) is 5.59. The molecule has 3 aromatic rings. The summed E-state index contributed by atoms with van der Waals surface area (Å²) in [7, 11) is 0. The Kier molecular flexibility index (Phi) is 7.05. The Hall–Kier alpha value is -3.11. The van der Waals surface area contributed by atoms with Crippen molar-refractivity contribution in [3.05, 3.63) is 75.2 Å². The second-order valence-corrected chi connectivity index (χ2v) is 7.96. The molecule has 0 saturated heterocycles. The third kappa shape index (κ3) is 5.38. The fourth-order valence-corrected chi connectivity index (χ4v) is 4.08. The summed E-state index contributed by atoms with van der Waals surface area (Å²) in [5, 5.41) is 1.97. The van der Waals surface area contributed by atoms with Crippen LogP contribution in [0.5, 0.6) is 0 Å². The molecule has 1 N–H and O–H groups in total. The zero-order chi connectivity index (χ0) is 23.5. The van der Waals surface area contributed by atoms with Crippen molar-refractivity contribution in [2.75, 3.05) is 11.9 Å². The van der Waals surface area contributed by atoms with Gasteiger partial charge in [0.05, 0.1) is 17.7 Å². The number of thiophene rings is 1. The number of hydrogen-bond acceptors (Lipinski definition) is 5. The Balaban J connectivity index is 1.91. The Morgan fingerprint density at radius 3 is 2.50 bits per heavy atom. The normalized spacial score (nSPS) is 11.3. The summed E-state index contributed by atoms with van der Waals surface area (Å²) in [5.41, 5.74) is -1.22. The molecule has 0 atom stereocenters. The maximum Gasteiger partial charge on any atom is 0.417 e. The largest absolute Gasteiger partial charge is 0.462 e. The first-order valence-electron chi connectivity index (χ1n) is 9.23. The summed E-state index contributed by atoms with van der Waals surface area (Å²) in [6.45, 7) is 1.01. The Morgan fingerprint density at radius 2 is 1.88 bits per heavy atom. The van der Waals surface area contributed by atoms with Crippen molar-refractivity contribution in [1.82, 2.24) is 4.57 Å². The van der Waals surface area contributed by atoms with Gasteiger partial charge in [-0.15, -0.1) is 11.3 Å². The van der Waals surface area contributed by atoms with Crippen LogP contribution in [0.4, 0.5) is 18.2 Å². The molecule has 32 heavy (non-hydrogen) atoms. The van der Waals surface area contributed by atoms with Gasteiger partial charge in [0, 0.05) is 11.1 Å². The number of nitrogens with zero attached hydrogens (tertiary/aromatic N) is 1. The maximum absolute atomic E-state index is 13.0. The van der Waals surface area contributed by atoms with Crippen molar-refractivity contribution in [3.8, 4) is 10.4 Å². The van der Waals surface area contributed by atoms with E-state index in [1.807, 2.05) is 18.2 Å². The molecule has 11 heteroatoms. The van der Waals surface area contributed by atoms with Gasteiger partial charge in [0.25, 0.3) is 5.56 Å². The predicted octanol–water partition coefficient (Wildman–Crippen LogP) is 5.06. The van der Waals surface area contributed by atoms with E-state index in [1.54, 1.807) is 25.1 Å². The molecule has 0 unspecified atom stereocenters. The lowest BCUT2D eigenvalue weighted by Crippen LogP contribution is -2.29. The number of carbonyl (C=O) groups excluding carboxylic acids is 2. The zero-order valence-corrected chi connectivity index (χ0v) is 18.1. The van der Waals surface area contributed by atoms with Gasteiger partial charge in [0.1, 0.15) is 16.6 Å². The topological polar surface area (TPSA) is 77.4 Å². The number of hydrogen-bond donors (Lipinski definition) is 1. The molecule has 1 amide bonds. The monoisotopic (exact) mass is 484 g/mol. The molecule has 0 radical (unpaired) electrons. The zero-order valence-electron chi connectivity index (χ0n) is 16.5.